The van der Waals surface area contributed by atoms with Crippen molar-refractivity contribution in [2.45, 2.75) is 12.5 Å². The number of nitrogens with zero attached hydrogens (tertiary/aromatic N) is 2. The molecule has 1 heterocycles. The molecule has 1 aliphatic heterocycles. The van der Waals surface area contributed by atoms with Gasteiger partial charge in [0.05, 0.1) is 12.0 Å². The third-order valence-electron chi connectivity index (χ3n) is 4.14. The van der Waals surface area contributed by atoms with Gasteiger partial charge in [-0.1, -0.05) is 18.2 Å². The molecule has 2 aromatic rings. The second-order valence-corrected chi connectivity index (χ2v) is 5.67. The van der Waals surface area contributed by atoms with Crippen LogP contribution in [0, 0.1) is 10.1 Å². The lowest BCUT2D eigenvalue weighted by Crippen LogP contribution is -2.31. The predicted octanol–water partition coefficient (Wildman–Crippen LogP) is 3.18. The summed E-state index contributed by atoms with van der Waals surface area (Å²) in [7, 11) is 3.72. The molecule has 5 heteroatoms. The van der Waals surface area contributed by atoms with Gasteiger partial charge in [0.25, 0.3) is 5.69 Å². The molecule has 0 N–H and O–H groups in total. The van der Waals surface area contributed by atoms with Crippen LogP contribution in [-0.2, 0) is 6.54 Å². The second-order valence-electron chi connectivity index (χ2n) is 5.67. The zero-order valence-corrected chi connectivity index (χ0v) is 12.7. The van der Waals surface area contributed by atoms with Crippen LogP contribution in [-0.4, -0.2) is 30.5 Å². The Morgan fingerprint density at radius 3 is 2.82 bits per heavy atom. The first kappa shape index (κ1) is 14.5. The number of nitro benzene ring substituents is 1. The van der Waals surface area contributed by atoms with E-state index in [-0.39, 0.29) is 16.5 Å². The first-order valence-electron chi connectivity index (χ1n) is 7.18. The van der Waals surface area contributed by atoms with Crippen LogP contribution in [0.15, 0.2) is 42.5 Å². The summed E-state index contributed by atoms with van der Waals surface area (Å²) in [5.41, 5.74) is 3.55. The van der Waals surface area contributed by atoms with Gasteiger partial charge in [-0.3, -0.25) is 10.1 Å². The Morgan fingerprint density at radius 2 is 2.09 bits per heavy atom. The zero-order chi connectivity index (χ0) is 15.7. The Kier molecular flexibility index (Phi) is 3.81. The number of nitro groups is 1. The molecular formula is C17H18N2O3. The van der Waals surface area contributed by atoms with Gasteiger partial charge in [-0.25, -0.2) is 0 Å². The summed E-state index contributed by atoms with van der Waals surface area (Å²) < 4.78 is 5.30. The fourth-order valence-electron chi connectivity index (χ4n) is 3.09. The number of ether oxygens (including phenoxy) is 1. The molecule has 1 aliphatic rings. The van der Waals surface area contributed by atoms with E-state index in [1.807, 2.05) is 12.1 Å². The molecule has 2 aromatic carbocycles. The summed E-state index contributed by atoms with van der Waals surface area (Å²) in [5.74, 6) is 0.978. The van der Waals surface area contributed by atoms with Crippen LogP contribution in [0.25, 0.3) is 0 Å². The highest BCUT2D eigenvalue weighted by molar-refractivity contribution is 5.46. The number of benzene rings is 2. The first-order chi connectivity index (χ1) is 10.6. The van der Waals surface area contributed by atoms with Gasteiger partial charge < -0.3 is 9.64 Å². The van der Waals surface area contributed by atoms with Crippen LogP contribution in [0.1, 0.15) is 22.6 Å². The molecular weight excluding hydrogens is 280 g/mol. The lowest BCUT2D eigenvalue weighted by atomic mass is 9.84. The SMILES string of the molecule is COc1ccc2c(c1)CN(C)CC2c1cccc([N+](=O)[O-])c1. The van der Waals surface area contributed by atoms with Gasteiger partial charge in [0, 0.05) is 31.1 Å². The van der Waals surface area contributed by atoms with Crippen molar-refractivity contribution < 1.29 is 9.66 Å². The van der Waals surface area contributed by atoms with Gasteiger partial charge in [0.15, 0.2) is 0 Å². The van der Waals surface area contributed by atoms with Crippen LogP contribution in [0.5, 0.6) is 5.75 Å². The van der Waals surface area contributed by atoms with Crippen molar-refractivity contribution in [3.05, 3.63) is 69.3 Å². The van der Waals surface area contributed by atoms with Gasteiger partial charge >= 0.3 is 0 Å². The minimum absolute atomic E-state index is 0.138. The minimum Gasteiger partial charge on any atom is -0.497 e. The average Bonchev–Trinajstić information content (AvgIpc) is 2.53. The van der Waals surface area contributed by atoms with E-state index in [0.29, 0.717) is 0 Å². The summed E-state index contributed by atoms with van der Waals surface area (Å²) >= 11 is 0. The normalized spacial score (nSPS) is 17.8. The van der Waals surface area contributed by atoms with Gasteiger partial charge in [-0.05, 0) is 35.9 Å². The standard InChI is InChI=1S/C17H18N2O3/c1-18-10-13-9-15(22-2)6-7-16(13)17(11-18)12-4-3-5-14(8-12)19(20)21/h3-9,17H,10-11H2,1-2H3. The Bertz CT molecular complexity index is 715. The van der Waals surface area contributed by atoms with E-state index < -0.39 is 0 Å². The van der Waals surface area contributed by atoms with Crippen LogP contribution in [0.4, 0.5) is 5.69 Å². The lowest BCUT2D eigenvalue weighted by Gasteiger charge is -2.32. The molecule has 0 spiro atoms. The fourth-order valence-corrected chi connectivity index (χ4v) is 3.09. The summed E-state index contributed by atoms with van der Waals surface area (Å²) in [6.07, 6.45) is 0. The van der Waals surface area contributed by atoms with Crippen molar-refractivity contribution in [1.29, 1.82) is 0 Å². The summed E-state index contributed by atoms with van der Waals surface area (Å²) in [6, 6.07) is 13.0. The number of rotatable bonds is 3. The van der Waals surface area contributed by atoms with Gasteiger partial charge in [-0.2, -0.15) is 0 Å². The maximum Gasteiger partial charge on any atom is 0.269 e. The smallest absolute Gasteiger partial charge is 0.269 e. The van der Waals surface area contributed by atoms with E-state index in [0.717, 1.165) is 24.4 Å². The zero-order valence-electron chi connectivity index (χ0n) is 12.7. The van der Waals surface area contributed by atoms with Crippen molar-refractivity contribution in [2.24, 2.45) is 0 Å². The number of hydrogen-bond acceptors (Lipinski definition) is 4. The van der Waals surface area contributed by atoms with Gasteiger partial charge in [0.1, 0.15) is 5.75 Å². The quantitative estimate of drug-likeness (QED) is 0.645. The van der Waals surface area contributed by atoms with E-state index >= 15 is 0 Å². The third kappa shape index (κ3) is 2.67. The van der Waals surface area contributed by atoms with Crippen LogP contribution in [0.3, 0.4) is 0 Å². The highest BCUT2D eigenvalue weighted by Gasteiger charge is 2.26. The minimum atomic E-state index is -0.342. The topological polar surface area (TPSA) is 55.6 Å². The highest BCUT2D eigenvalue weighted by Crippen LogP contribution is 2.35. The van der Waals surface area contributed by atoms with E-state index in [1.54, 1.807) is 19.2 Å². The maximum absolute atomic E-state index is 11.0. The van der Waals surface area contributed by atoms with Crippen molar-refractivity contribution >= 4 is 5.69 Å². The molecule has 3 rings (SSSR count). The van der Waals surface area contributed by atoms with E-state index in [9.17, 15) is 10.1 Å². The molecule has 1 unspecified atom stereocenters. The van der Waals surface area contributed by atoms with Crippen LogP contribution >= 0.6 is 0 Å². The maximum atomic E-state index is 11.0. The molecule has 0 saturated carbocycles. The number of non-ortho nitro benzene ring substituents is 1. The molecule has 0 radical (unpaired) electrons. The lowest BCUT2D eigenvalue weighted by molar-refractivity contribution is -0.384. The number of likely N-dealkylation sites (N-methyl/N-ethyl adjacent to an activating group) is 1. The molecule has 0 aromatic heterocycles. The third-order valence-corrected chi connectivity index (χ3v) is 4.14. The van der Waals surface area contributed by atoms with Crippen LogP contribution in [0.2, 0.25) is 0 Å². The number of methoxy groups -OCH3 is 1. The second kappa shape index (κ2) is 5.77. The van der Waals surface area contributed by atoms with Gasteiger partial charge in [0.2, 0.25) is 0 Å². The average molecular weight is 298 g/mol. The van der Waals surface area contributed by atoms with E-state index in [4.69, 9.17) is 4.74 Å². The summed E-state index contributed by atoms with van der Waals surface area (Å²) in [6.45, 7) is 1.71. The van der Waals surface area contributed by atoms with E-state index in [1.165, 1.54) is 17.2 Å². The molecule has 1 atom stereocenters. The Morgan fingerprint density at radius 1 is 1.27 bits per heavy atom. The molecule has 22 heavy (non-hydrogen) atoms. The molecule has 0 saturated heterocycles. The molecule has 0 bridgehead atoms. The van der Waals surface area contributed by atoms with Crippen molar-refractivity contribution in [2.75, 3.05) is 20.7 Å². The molecule has 114 valence electrons. The Balaban J connectivity index is 2.05. The largest absolute Gasteiger partial charge is 0.497 e. The predicted molar refractivity (Wildman–Crippen MR) is 84.3 cm³/mol. The van der Waals surface area contributed by atoms with Crippen LogP contribution < -0.4 is 4.74 Å². The molecule has 0 fully saturated rings. The Hall–Kier alpha value is -2.40. The summed E-state index contributed by atoms with van der Waals surface area (Å²) in [4.78, 5) is 12.9. The Labute approximate surface area is 129 Å². The van der Waals surface area contributed by atoms with Crippen molar-refractivity contribution in [3.63, 3.8) is 0 Å². The fraction of sp³-hybridized carbons (Fsp3) is 0.294. The monoisotopic (exact) mass is 298 g/mol. The molecule has 0 aliphatic carbocycles. The molecule has 5 nitrogen and oxygen atoms in total. The van der Waals surface area contributed by atoms with E-state index in [2.05, 4.69) is 24.1 Å². The number of hydrogen-bond donors (Lipinski definition) is 0. The molecule has 0 amide bonds. The first-order valence-corrected chi connectivity index (χ1v) is 7.18. The summed E-state index contributed by atoms with van der Waals surface area (Å²) in [5, 5.41) is 11.0. The van der Waals surface area contributed by atoms with Gasteiger partial charge in [-0.15, -0.1) is 0 Å². The highest BCUT2D eigenvalue weighted by atomic mass is 16.6. The number of fused-ring (bicyclic) bond motifs is 1. The van der Waals surface area contributed by atoms with Crippen molar-refractivity contribution in [3.8, 4) is 5.75 Å². The van der Waals surface area contributed by atoms with Crippen molar-refractivity contribution in [1.82, 2.24) is 4.90 Å².